The second-order valence-corrected chi connectivity index (χ2v) is 8.02. The van der Waals surface area contributed by atoms with E-state index >= 15 is 0 Å². The smallest absolute Gasteiger partial charge is 0.475 e. The molecule has 0 bridgehead atoms. The average Bonchev–Trinajstić information content (AvgIpc) is 3.16. The van der Waals surface area contributed by atoms with Crippen LogP contribution in [-0.4, -0.2) is 51.2 Å². The normalized spacial score (nSPS) is 14.6. The van der Waals surface area contributed by atoms with Gasteiger partial charge in [-0.25, -0.2) is 14.8 Å². The highest BCUT2D eigenvalue weighted by Gasteiger charge is 2.38. The van der Waals surface area contributed by atoms with E-state index in [0.29, 0.717) is 15.9 Å². The van der Waals surface area contributed by atoms with Gasteiger partial charge >= 0.3 is 12.1 Å². The third-order valence-corrected chi connectivity index (χ3v) is 5.73. The lowest BCUT2D eigenvalue weighted by Gasteiger charge is -2.32. The second kappa shape index (κ2) is 9.84. The molecule has 0 radical (unpaired) electrons. The third kappa shape index (κ3) is 5.85. The summed E-state index contributed by atoms with van der Waals surface area (Å²) in [7, 11) is 0. The first-order valence-electron chi connectivity index (χ1n) is 9.62. The Hall–Kier alpha value is -3.05. The molecule has 0 atom stereocenters. The van der Waals surface area contributed by atoms with Gasteiger partial charge in [-0.1, -0.05) is 23.2 Å². The maximum absolute atomic E-state index is 11.4. The quantitative estimate of drug-likeness (QED) is 0.490. The molecule has 1 fully saturated rings. The number of primary amides is 1. The van der Waals surface area contributed by atoms with Crippen molar-refractivity contribution in [3.63, 3.8) is 0 Å². The summed E-state index contributed by atoms with van der Waals surface area (Å²) in [6, 6.07) is 7.36. The molecule has 1 aliphatic heterocycles. The van der Waals surface area contributed by atoms with Crippen LogP contribution in [0.3, 0.4) is 0 Å². The molecule has 13 heteroatoms. The Balaban J connectivity index is 0.000000383. The van der Waals surface area contributed by atoms with Crippen molar-refractivity contribution in [2.75, 3.05) is 18.0 Å². The number of hydrogen-bond acceptors (Lipinski definition) is 5. The Labute approximate surface area is 195 Å². The lowest BCUT2D eigenvalue weighted by atomic mass is 9.96. The van der Waals surface area contributed by atoms with Crippen LogP contribution < -0.4 is 10.6 Å². The highest BCUT2D eigenvalue weighted by molar-refractivity contribution is 6.42. The number of hydrogen-bond donors (Lipinski definition) is 3. The van der Waals surface area contributed by atoms with Crippen LogP contribution in [0.15, 0.2) is 30.5 Å². The number of aliphatic carboxylic acids is 1. The molecule has 1 amide bonds. The van der Waals surface area contributed by atoms with Gasteiger partial charge in [0.15, 0.2) is 0 Å². The molecule has 4 rings (SSSR count). The monoisotopic (exact) mass is 503 g/mol. The van der Waals surface area contributed by atoms with E-state index in [1.165, 1.54) is 0 Å². The number of carboxylic acid groups (broad SMARTS) is 1. The van der Waals surface area contributed by atoms with Crippen LogP contribution in [0.25, 0.3) is 22.4 Å². The number of carbonyl (C=O) groups is 2. The van der Waals surface area contributed by atoms with Gasteiger partial charge in [-0.2, -0.15) is 13.2 Å². The third-order valence-electron chi connectivity index (χ3n) is 5.01. The number of amides is 1. The maximum Gasteiger partial charge on any atom is 0.490 e. The van der Waals surface area contributed by atoms with Crippen LogP contribution in [0.2, 0.25) is 10.0 Å². The topological polar surface area (TPSA) is 125 Å². The molecule has 8 nitrogen and oxygen atoms in total. The number of halogens is 5. The summed E-state index contributed by atoms with van der Waals surface area (Å²) in [6.45, 7) is 1.46. The van der Waals surface area contributed by atoms with Gasteiger partial charge in [0, 0.05) is 25.2 Å². The summed E-state index contributed by atoms with van der Waals surface area (Å²) in [5, 5.41) is 8.08. The summed E-state index contributed by atoms with van der Waals surface area (Å²) in [4.78, 5) is 34.9. The zero-order valence-corrected chi connectivity index (χ0v) is 18.4. The van der Waals surface area contributed by atoms with Crippen molar-refractivity contribution in [3.8, 4) is 11.4 Å². The van der Waals surface area contributed by atoms with E-state index in [0.717, 1.165) is 48.3 Å². The first kappa shape index (κ1) is 24.6. The molecule has 0 aliphatic carbocycles. The van der Waals surface area contributed by atoms with Crippen molar-refractivity contribution in [1.82, 2.24) is 15.0 Å². The van der Waals surface area contributed by atoms with Crippen molar-refractivity contribution in [2.45, 2.75) is 19.0 Å². The minimum Gasteiger partial charge on any atom is -0.475 e. The van der Waals surface area contributed by atoms with Gasteiger partial charge < -0.3 is 20.7 Å². The maximum atomic E-state index is 11.4. The van der Waals surface area contributed by atoms with Gasteiger partial charge in [0.2, 0.25) is 5.91 Å². The fourth-order valence-electron chi connectivity index (χ4n) is 3.34. The summed E-state index contributed by atoms with van der Waals surface area (Å²) >= 11 is 12.2. The molecule has 1 aromatic carbocycles. The molecule has 0 saturated carbocycles. The molecule has 1 aliphatic rings. The number of aromatic amines is 1. The molecule has 176 valence electrons. The number of carboxylic acids is 1. The Kier molecular flexibility index (Phi) is 7.33. The summed E-state index contributed by atoms with van der Waals surface area (Å²) in [5.74, 6) is -1.50. The van der Waals surface area contributed by atoms with Crippen molar-refractivity contribution < 1.29 is 27.9 Å². The molecule has 0 unspecified atom stereocenters. The number of benzene rings is 1. The van der Waals surface area contributed by atoms with E-state index in [-0.39, 0.29) is 11.8 Å². The van der Waals surface area contributed by atoms with E-state index in [2.05, 4.69) is 19.9 Å². The number of anilines is 1. The van der Waals surface area contributed by atoms with Crippen LogP contribution in [-0.2, 0) is 9.59 Å². The first-order chi connectivity index (χ1) is 15.5. The zero-order valence-electron chi connectivity index (χ0n) is 16.9. The Morgan fingerprint density at radius 3 is 2.36 bits per heavy atom. The Morgan fingerprint density at radius 2 is 1.79 bits per heavy atom. The molecule has 3 aromatic rings. The van der Waals surface area contributed by atoms with Crippen molar-refractivity contribution in [1.29, 1.82) is 0 Å². The Morgan fingerprint density at radius 1 is 1.18 bits per heavy atom. The van der Waals surface area contributed by atoms with Gasteiger partial charge in [-0.15, -0.1) is 0 Å². The number of fused-ring (bicyclic) bond motifs is 1. The molecular formula is C20H18Cl2F3N5O3. The van der Waals surface area contributed by atoms with Crippen molar-refractivity contribution in [3.05, 3.63) is 40.5 Å². The van der Waals surface area contributed by atoms with Crippen LogP contribution in [0, 0.1) is 5.92 Å². The molecule has 2 aromatic heterocycles. The SMILES string of the molecule is NC(=O)C1CCN(c2ncccc2-c2nc3cc(Cl)c(Cl)cc3[nH]2)CC1.O=C(O)C(F)(F)F. The number of alkyl halides is 3. The van der Waals surface area contributed by atoms with Crippen LogP contribution in [0.5, 0.6) is 0 Å². The molecule has 33 heavy (non-hydrogen) atoms. The number of H-pyrrole nitrogens is 1. The summed E-state index contributed by atoms with van der Waals surface area (Å²) in [6.07, 6.45) is -1.86. The van der Waals surface area contributed by atoms with E-state index < -0.39 is 12.1 Å². The van der Waals surface area contributed by atoms with Gasteiger partial charge in [0.25, 0.3) is 0 Å². The van der Waals surface area contributed by atoms with E-state index in [4.69, 9.17) is 38.8 Å². The van der Waals surface area contributed by atoms with Crippen LogP contribution in [0.4, 0.5) is 19.0 Å². The molecule has 4 N–H and O–H groups in total. The van der Waals surface area contributed by atoms with Gasteiger partial charge in [0.05, 0.1) is 26.6 Å². The minimum atomic E-state index is -5.08. The van der Waals surface area contributed by atoms with Gasteiger partial charge in [-0.05, 0) is 37.1 Å². The van der Waals surface area contributed by atoms with E-state index in [1.807, 2.05) is 12.1 Å². The van der Waals surface area contributed by atoms with E-state index in [9.17, 15) is 18.0 Å². The van der Waals surface area contributed by atoms with E-state index in [1.54, 1.807) is 18.3 Å². The predicted molar refractivity (Wildman–Crippen MR) is 117 cm³/mol. The number of nitrogens with one attached hydrogen (secondary N) is 1. The molecular weight excluding hydrogens is 486 g/mol. The number of carbonyl (C=O) groups excluding carboxylic acids is 1. The lowest BCUT2D eigenvalue weighted by molar-refractivity contribution is -0.192. The molecule has 3 heterocycles. The number of imidazole rings is 1. The molecule has 0 spiro atoms. The van der Waals surface area contributed by atoms with Crippen molar-refractivity contribution >= 4 is 51.9 Å². The second-order valence-electron chi connectivity index (χ2n) is 7.21. The largest absolute Gasteiger partial charge is 0.490 e. The summed E-state index contributed by atoms with van der Waals surface area (Å²) in [5.41, 5.74) is 7.89. The number of pyridine rings is 1. The number of piperidine rings is 1. The first-order valence-corrected chi connectivity index (χ1v) is 10.4. The highest BCUT2D eigenvalue weighted by atomic mass is 35.5. The number of nitrogens with two attached hydrogens (primary N) is 1. The van der Waals surface area contributed by atoms with Gasteiger partial charge in [-0.3, -0.25) is 4.79 Å². The number of aromatic nitrogens is 3. The summed E-state index contributed by atoms with van der Waals surface area (Å²) < 4.78 is 31.7. The zero-order chi connectivity index (χ0) is 24.3. The standard InChI is InChI=1S/C18H17Cl2N5O.C2HF3O2/c19-12-8-14-15(9-13(12)20)24-17(23-14)11-2-1-5-22-18(11)25-6-3-10(4-7-25)16(21)26;3-2(4,5)1(6)7/h1-2,5,8-10H,3-4,6-7H2,(H2,21,26)(H,23,24);(H,6,7). The highest BCUT2D eigenvalue weighted by Crippen LogP contribution is 2.33. The Bertz CT molecular complexity index is 1140. The number of nitrogens with zero attached hydrogens (tertiary/aromatic N) is 3. The average molecular weight is 504 g/mol. The van der Waals surface area contributed by atoms with Crippen LogP contribution >= 0.6 is 23.2 Å². The fraction of sp³-hybridized carbons (Fsp3) is 0.300. The fourth-order valence-corrected chi connectivity index (χ4v) is 3.66. The minimum absolute atomic E-state index is 0.0612. The molecule has 1 saturated heterocycles. The van der Waals surface area contributed by atoms with Gasteiger partial charge in [0.1, 0.15) is 11.6 Å². The van der Waals surface area contributed by atoms with Crippen LogP contribution in [0.1, 0.15) is 12.8 Å². The van der Waals surface area contributed by atoms with Crippen molar-refractivity contribution in [2.24, 2.45) is 11.7 Å². The predicted octanol–water partition coefficient (Wildman–Crippen LogP) is 4.27. The number of rotatable bonds is 3. The lowest BCUT2D eigenvalue weighted by Crippen LogP contribution is -2.39.